The van der Waals surface area contributed by atoms with Crippen molar-refractivity contribution in [2.75, 3.05) is 0 Å². The summed E-state index contributed by atoms with van der Waals surface area (Å²) in [6.07, 6.45) is 3.81. The van der Waals surface area contributed by atoms with Gasteiger partial charge in [0.25, 0.3) is 0 Å². The van der Waals surface area contributed by atoms with Crippen molar-refractivity contribution in [1.29, 1.82) is 0 Å². The lowest BCUT2D eigenvalue weighted by atomic mass is 10.2. The fourth-order valence-corrected chi connectivity index (χ4v) is 1.87. The summed E-state index contributed by atoms with van der Waals surface area (Å²) >= 11 is 5.78. The average molecular weight is 370 g/mol. The Labute approximate surface area is 147 Å². The number of alkyl halides is 2. The van der Waals surface area contributed by atoms with E-state index in [1.165, 1.54) is 36.8 Å². The first-order chi connectivity index (χ1) is 12.0. The number of aliphatic imine (C=N–C) groups is 1. The van der Waals surface area contributed by atoms with Crippen LogP contribution in [0.4, 0.5) is 14.5 Å². The molecule has 1 unspecified atom stereocenters. The maximum Gasteiger partial charge on any atom is 0.387 e. The van der Waals surface area contributed by atoms with Crippen LogP contribution in [0.1, 0.15) is 6.92 Å². The van der Waals surface area contributed by atoms with Crippen LogP contribution < -0.4 is 15.3 Å². The second-order valence-electron chi connectivity index (χ2n) is 4.60. The van der Waals surface area contributed by atoms with E-state index in [1.54, 1.807) is 13.0 Å². The van der Waals surface area contributed by atoms with Crippen molar-refractivity contribution >= 4 is 29.2 Å². The molecule has 25 heavy (non-hydrogen) atoms. The van der Waals surface area contributed by atoms with Crippen LogP contribution in [0, 0.1) is 0 Å². The normalized spacial score (nSPS) is 13.2. The molecular weight excluding hydrogens is 356 g/mol. The van der Waals surface area contributed by atoms with E-state index in [2.05, 4.69) is 24.8 Å². The summed E-state index contributed by atoms with van der Waals surface area (Å²) in [5.41, 5.74) is 0.614. The Morgan fingerprint density at radius 3 is 2.64 bits per heavy atom. The first kappa shape index (κ1) is 18.5. The van der Waals surface area contributed by atoms with Gasteiger partial charge in [0.05, 0.1) is 16.9 Å². The molecule has 0 aliphatic rings. The monoisotopic (exact) mass is 369 g/mol. The van der Waals surface area contributed by atoms with Gasteiger partial charge < -0.3 is 15.3 Å². The maximum absolute atomic E-state index is 12.3. The zero-order chi connectivity index (χ0) is 18.2. The van der Waals surface area contributed by atoms with Gasteiger partial charge in [-0.2, -0.15) is 13.9 Å². The second kappa shape index (κ2) is 8.88. The van der Waals surface area contributed by atoms with Gasteiger partial charge in [0.1, 0.15) is 17.6 Å². The Hall–Kier alpha value is -2.81. The van der Waals surface area contributed by atoms with Crippen LogP contribution in [-0.2, 0) is 0 Å². The number of benzene rings is 1. The van der Waals surface area contributed by atoms with Gasteiger partial charge in [-0.3, -0.25) is 4.99 Å². The highest BCUT2D eigenvalue weighted by Gasteiger charge is 2.13. The predicted octanol–water partition coefficient (Wildman–Crippen LogP) is 3.22. The molecular formula is C15H14ClF2N5O2. The molecule has 0 saturated carbocycles. The molecule has 10 heteroatoms. The molecule has 2 rings (SSSR count). The summed E-state index contributed by atoms with van der Waals surface area (Å²) in [6, 6.07) is 5.99. The minimum atomic E-state index is -2.99. The smallest absolute Gasteiger partial charge is 0.387 e. The zero-order valence-electron chi connectivity index (χ0n) is 13.0. The van der Waals surface area contributed by atoms with E-state index in [4.69, 9.17) is 22.2 Å². The number of rotatable bonds is 7. The Morgan fingerprint density at radius 2 is 2.00 bits per heavy atom. The molecule has 0 fully saturated rings. The molecule has 1 aromatic carbocycles. The van der Waals surface area contributed by atoms with E-state index < -0.39 is 12.7 Å². The number of nitrogens with two attached hydrogens (primary N) is 1. The van der Waals surface area contributed by atoms with Crippen molar-refractivity contribution in [2.45, 2.75) is 19.6 Å². The van der Waals surface area contributed by atoms with Gasteiger partial charge in [-0.05, 0) is 25.1 Å². The lowest BCUT2D eigenvalue weighted by Gasteiger charge is -2.11. The van der Waals surface area contributed by atoms with Crippen molar-refractivity contribution in [3.8, 4) is 11.8 Å². The Bertz CT molecular complexity index is 759. The number of hydrazone groups is 1. The first-order valence-electron chi connectivity index (χ1n) is 6.99. The molecule has 132 valence electrons. The van der Waals surface area contributed by atoms with Gasteiger partial charge in [0.2, 0.25) is 0 Å². The van der Waals surface area contributed by atoms with Crippen LogP contribution in [0.5, 0.6) is 11.8 Å². The molecule has 1 atom stereocenters. The summed E-state index contributed by atoms with van der Waals surface area (Å²) in [4.78, 5) is 12.0. The minimum absolute atomic E-state index is 0.0462. The molecule has 2 aromatic rings. The molecule has 0 radical (unpaired) electrons. The van der Waals surface area contributed by atoms with Crippen molar-refractivity contribution in [3.05, 3.63) is 41.7 Å². The molecule has 0 bridgehead atoms. The van der Waals surface area contributed by atoms with Crippen LogP contribution >= 0.6 is 11.6 Å². The average Bonchev–Trinajstić information content (AvgIpc) is 2.58. The van der Waals surface area contributed by atoms with E-state index >= 15 is 0 Å². The summed E-state index contributed by atoms with van der Waals surface area (Å²) in [5.74, 6) is 5.16. The van der Waals surface area contributed by atoms with Crippen molar-refractivity contribution in [3.63, 3.8) is 0 Å². The van der Waals surface area contributed by atoms with E-state index in [0.29, 0.717) is 11.4 Å². The molecule has 0 spiro atoms. The number of hydrogen-bond acceptors (Lipinski definition) is 7. The highest BCUT2D eigenvalue weighted by Crippen LogP contribution is 2.30. The first-order valence-corrected chi connectivity index (χ1v) is 7.37. The van der Waals surface area contributed by atoms with E-state index in [9.17, 15) is 8.78 Å². The third-order valence-corrected chi connectivity index (χ3v) is 3.18. The maximum atomic E-state index is 12.3. The predicted molar refractivity (Wildman–Crippen MR) is 90.0 cm³/mol. The van der Waals surface area contributed by atoms with Crippen LogP contribution in [0.3, 0.4) is 0 Å². The van der Waals surface area contributed by atoms with Crippen molar-refractivity contribution in [1.82, 2.24) is 9.97 Å². The SMILES string of the molecule is CC(Oc1ncccn1)C(C=Nc1ccc(Cl)c(OC(F)F)c1)=NN. The van der Waals surface area contributed by atoms with Crippen LogP contribution in [0.15, 0.2) is 46.8 Å². The molecule has 0 aliphatic carbocycles. The summed E-state index contributed by atoms with van der Waals surface area (Å²) in [6.45, 7) is -1.31. The van der Waals surface area contributed by atoms with E-state index in [1.807, 2.05) is 0 Å². The standard InChI is InChI=1S/C15H14ClF2N5O2/c1-9(24-15-20-5-2-6-21-15)12(23-19)8-22-10-3-4-11(16)13(7-10)25-14(17)18/h2-9,14H,19H2,1H3. The van der Waals surface area contributed by atoms with Gasteiger partial charge in [-0.1, -0.05) is 11.6 Å². The zero-order valence-corrected chi connectivity index (χ0v) is 13.8. The third kappa shape index (κ3) is 5.64. The van der Waals surface area contributed by atoms with Gasteiger partial charge >= 0.3 is 12.6 Å². The second-order valence-corrected chi connectivity index (χ2v) is 5.00. The van der Waals surface area contributed by atoms with Gasteiger partial charge in [0, 0.05) is 18.5 Å². The number of ether oxygens (including phenoxy) is 2. The lowest BCUT2D eigenvalue weighted by Crippen LogP contribution is -2.27. The van der Waals surface area contributed by atoms with Gasteiger partial charge in [-0.25, -0.2) is 9.97 Å². The molecule has 1 heterocycles. The van der Waals surface area contributed by atoms with Crippen molar-refractivity contribution in [2.24, 2.45) is 15.9 Å². The summed E-state index contributed by atoms with van der Waals surface area (Å²) < 4.78 is 34.5. The lowest BCUT2D eigenvalue weighted by molar-refractivity contribution is -0.0497. The molecule has 7 nitrogen and oxygen atoms in total. The van der Waals surface area contributed by atoms with Gasteiger partial charge in [-0.15, -0.1) is 0 Å². The number of aromatic nitrogens is 2. The van der Waals surface area contributed by atoms with Crippen molar-refractivity contribution < 1.29 is 18.3 Å². The molecule has 2 N–H and O–H groups in total. The largest absolute Gasteiger partial charge is 0.454 e. The quantitative estimate of drug-likeness (QED) is 0.459. The topological polar surface area (TPSA) is 95.0 Å². The number of halogens is 3. The van der Waals surface area contributed by atoms with E-state index in [0.717, 1.165) is 0 Å². The van der Waals surface area contributed by atoms with Crippen LogP contribution in [-0.4, -0.2) is 34.6 Å². The highest BCUT2D eigenvalue weighted by molar-refractivity contribution is 6.33. The number of nitrogens with zero attached hydrogens (tertiary/aromatic N) is 4. The minimum Gasteiger partial charge on any atom is -0.454 e. The Kier molecular flexibility index (Phi) is 6.58. The third-order valence-electron chi connectivity index (χ3n) is 2.87. The van der Waals surface area contributed by atoms with Crippen LogP contribution in [0.2, 0.25) is 5.02 Å². The molecule has 0 amide bonds. The highest BCUT2D eigenvalue weighted by atomic mass is 35.5. The summed E-state index contributed by atoms with van der Waals surface area (Å²) in [5, 5.41) is 3.64. The molecule has 0 aliphatic heterocycles. The summed E-state index contributed by atoms with van der Waals surface area (Å²) in [7, 11) is 0. The Morgan fingerprint density at radius 1 is 1.28 bits per heavy atom. The fourth-order valence-electron chi connectivity index (χ4n) is 1.71. The molecule has 1 aromatic heterocycles. The van der Waals surface area contributed by atoms with Gasteiger partial charge in [0.15, 0.2) is 0 Å². The Balaban J connectivity index is 2.10. The molecule has 0 saturated heterocycles. The number of hydrogen-bond donors (Lipinski definition) is 1. The van der Waals surface area contributed by atoms with E-state index in [-0.39, 0.29) is 16.8 Å². The van der Waals surface area contributed by atoms with Crippen LogP contribution in [0.25, 0.3) is 0 Å². The fraction of sp³-hybridized carbons (Fsp3) is 0.200.